The van der Waals surface area contributed by atoms with E-state index in [1.807, 2.05) is 0 Å². The summed E-state index contributed by atoms with van der Waals surface area (Å²) in [6.45, 7) is 0. The molecule has 2 nitrogen and oxygen atoms in total. The monoisotopic (exact) mass is 235 g/mol. The largest absolute Gasteiger partial charge is 0.359 e. The minimum atomic E-state index is -0.285. The lowest BCUT2D eigenvalue weighted by Gasteiger charge is -2.01. The van der Waals surface area contributed by atoms with Crippen LogP contribution in [0.4, 0.5) is 4.39 Å². The van der Waals surface area contributed by atoms with Crippen LogP contribution in [0.2, 0.25) is 0 Å². The first kappa shape index (κ1) is 11.0. The van der Waals surface area contributed by atoms with Crippen molar-refractivity contribution >= 4 is 17.5 Å². The van der Waals surface area contributed by atoms with Gasteiger partial charge in [-0.05, 0) is 24.3 Å². The topological polar surface area (TPSA) is 32.9 Å². The summed E-state index contributed by atoms with van der Waals surface area (Å²) in [4.78, 5) is 14.9. The Morgan fingerprint density at radius 3 is 2.75 bits per heavy atom. The van der Waals surface area contributed by atoms with Crippen molar-refractivity contribution in [3.05, 3.63) is 54.1 Å². The van der Waals surface area contributed by atoms with Gasteiger partial charge in [-0.2, -0.15) is 0 Å². The molecule has 1 N–H and O–H groups in total. The first-order valence-electron chi connectivity index (χ1n) is 4.81. The highest BCUT2D eigenvalue weighted by atomic mass is 32.2. The molecule has 1 aromatic heterocycles. The van der Waals surface area contributed by atoms with E-state index in [1.54, 1.807) is 36.5 Å². The molecule has 0 saturated carbocycles. The first-order valence-corrected chi connectivity index (χ1v) is 5.80. The van der Waals surface area contributed by atoms with Crippen molar-refractivity contribution < 1.29 is 9.18 Å². The predicted octanol–water partition coefficient (Wildman–Crippen LogP) is 3.13. The molecule has 2 rings (SSSR count). The zero-order valence-electron chi connectivity index (χ0n) is 8.44. The van der Waals surface area contributed by atoms with Gasteiger partial charge in [0.25, 0.3) is 0 Å². The van der Waals surface area contributed by atoms with Gasteiger partial charge in [0.05, 0.1) is 11.4 Å². The fraction of sp³-hybridized carbons (Fsp3) is 0.0833. The van der Waals surface area contributed by atoms with Crippen LogP contribution < -0.4 is 0 Å². The van der Waals surface area contributed by atoms with Gasteiger partial charge in [-0.15, -0.1) is 11.8 Å². The van der Waals surface area contributed by atoms with E-state index >= 15 is 0 Å². The normalized spacial score (nSPS) is 10.3. The van der Waals surface area contributed by atoms with E-state index in [4.69, 9.17) is 0 Å². The van der Waals surface area contributed by atoms with E-state index in [1.165, 1.54) is 17.8 Å². The molecule has 0 bridgehead atoms. The highest BCUT2D eigenvalue weighted by Gasteiger charge is 2.08. The third-order valence-electron chi connectivity index (χ3n) is 2.09. The lowest BCUT2D eigenvalue weighted by atomic mass is 10.3. The second-order valence-electron chi connectivity index (χ2n) is 3.23. The highest BCUT2D eigenvalue weighted by Crippen LogP contribution is 2.21. The maximum Gasteiger partial charge on any atom is 0.189 e. The Kier molecular flexibility index (Phi) is 3.41. The Balaban J connectivity index is 1.98. The van der Waals surface area contributed by atoms with Gasteiger partial charge in [0.15, 0.2) is 5.78 Å². The third kappa shape index (κ3) is 2.52. The standard InChI is InChI=1S/C12H10FNOS/c13-9-4-1-2-6-12(9)16-8-11(15)10-5-3-7-14-10/h1-7,14H,8H2. The van der Waals surface area contributed by atoms with Gasteiger partial charge in [0.2, 0.25) is 0 Å². The zero-order valence-corrected chi connectivity index (χ0v) is 9.26. The van der Waals surface area contributed by atoms with E-state index in [-0.39, 0.29) is 17.4 Å². The van der Waals surface area contributed by atoms with Crippen LogP contribution in [0.15, 0.2) is 47.5 Å². The summed E-state index contributed by atoms with van der Waals surface area (Å²) >= 11 is 1.21. The molecular formula is C12H10FNOS. The van der Waals surface area contributed by atoms with Crippen LogP contribution >= 0.6 is 11.8 Å². The minimum Gasteiger partial charge on any atom is -0.359 e. The van der Waals surface area contributed by atoms with E-state index in [2.05, 4.69) is 4.98 Å². The third-order valence-corrected chi connectivity index (χ3v) is 3.14. The lowest BCUT2D eigenvalue weighted by Crippen LogP contribution is -2.02. The molecule has 0 spiro atoms. The van der Waals surface area contributed by atoms with Crippen molar-refractivity contribution in [2.45, 2.75) is 4.90 Å². The maximum absolute atomic E-state index is 13.2. The number of benzene rings is 1. The van der Waals surface area contributed by atoms with Crippen molar-refractivity contribution in [3.8, 4) is 0 Å². The Hall–Kier alpha value is -1.55. The average molecular weight is 235 g/mol. The number of ketones is 1. The lowest BCUT2D eigenvalue weighted by molar-refractivity contribution is 0.101. The molecule has 0 atom stereocenters. The number of H-pyrrole nitrogens is 1. The van der Waals surface area contributed by atoms with E-state index in [0.717, 1.165) is 0 Å². The van der Waals surface area contributed by atoms with Crippen molar-refractivity contribution in [1.29, 1.82) is 0 Å². The Morgan fingerprint density at radius 1 is 1.25 bits per heavy atom. The number of halogens is 1. The minimum absolute atomic E-state index is 0.0294. The number of rotatable bonds is 4. The highest BCUT2D eigenvalue weighted by molar-refractivity contribution is 8.00. The summed E-state index contributed by atoms with van der Waals surface area (Å²) in [5.41, 5.74) is 0.559. The summed E-state index contributed by atoms with van der Waals surface area (Å²) in [6, 6.07) is 9.92. The van der Waals surface area contributed by atoms with Crippen LogP contribution in [0.3, 0.4) is 0 Å². The van der Waals surface area contributed by atoms with E-state index in [0.29, 0.717) is 10.6 Å². The SMILES string of the molecule is O=C(CSc1ccccc1F)c1ccc[nH]1. The number of hydrogen-bond donors (Lipinski definition) is 1. The second-order valence-corrected chi connectivity index (χ2v) is 4.24. The molecule has 4 heteroatoms. The molecule has 0 fully saturated rings. The molecule has 0 aliphatic heterocycles. The summed E-state index contributed by atoms with van der Waals surface area (Å²) in [5.74, 6) is -0.0772. The number of hydrogen-bond acceptors (Lipinski definition) is 2. The van der Waals surface area contributed by atoms with Gasteiger partial charge in [-0.1, -0.05) is 12.1 Å². The van der Waals surface area contributed by atoms with Gasteiger partial charge in [-0.3, -0.25) is 4.79 Å². The van der Waals surface area contributed by atoms with Crippen molar-refractivity contribution in [2.24, 2.45) is 0 Å². The fourth-order valence-corrected chi connectivity index (χ4v) is 2.11. The molecule has 0 radical (unpaired) electrons. The molecule has 0 saturated heterocycles. The van der Waals surface area contributed by atoms with E-state index < -0.39 is 0 Å². The molecule has 16 heavy (non-hydrogen) atoms. The van der Waals surface area contributed by atoms with Crippen LogP contribution in [0.25, 0.3) is 0 Å². The first-order chi connectivity index (χ1) is 7.77. The van der Waals surface area contributed by atoms with Crippen molar-refractivity contribution in [3.63, 3.8) is 0 Å². The number of carbonyl (C=O) groups is 1. The quantitative estimate of drug-likeness (QED) is 0.652. The number of carbonyl (C=O) groups excluding carboxylic acids is 1. The van der Waals surface area contributed by atoms with Crippen molar-refractivity contribution in [2.75, 3.05) is 5.75 Å². The maximum atomic E-state index is 13.2. The number of aromatic nitrogens is 1. The number of nitrogens with one attached hydrogen (secondary N) is 1. The van der Waals surface area contributed by atoms with E-state index in [9.17, 15) is 9.18 Å². The van der Waals surface area contributed by atoms with Crippen LogP contribution in [-0.4, -0.2) is 16.5 Å². The van der Waals surface area contributed by atoms with Gasteiger partial charge in [0.1, 0.15) is 5.82 Å². The molecule has 0 amide bonds. The van der Waals surface area contributed by atoms with Crippen LogP contribution in [-0.2, 0) is 0 Å². The smallest absolute Gasteiger partial charge is 0.189 e. The van der Waals surface area contributed by atoms with Crippen LogP contribution in [0.1, 0.15) is 10.5 Å². The van der Waals surface area contributed by atoms with Gasteiger partial charge >= 0.3 is 0 Å². The fourth-order valence-electron chi connectivity index (χ4n) is 1.29. The summed E-state index contributed by atoms with van der Waals surface area (Å²) in [7, 11) is 0. The molecule has 2 aromatic rings. The summed E-state index contributed by atoms with van der Waals surface area (Å²) < 4.78 is 13.2. The summed E-state index contributed by atoms with van der Waals surface area (Å²) in [5, 5.41) is 0. The predicted molar refractivity (Wildman–Crippen MR) is 62.2 cm³/mol. The molecule has 0 aliphatic rings. The molecule has 1 heterocycles. The zero-order chi connectivity index (χ0) is 11.4. The van der Waals surface area contributed by atoms with Gasteiger partial charge in [0, 0.05) is 11.1 Å². The number of Topliss-reactive ketones (excluding diaryl/α,β-unsaturated/α-hetero) is 1. The number of thioether (sulfide) groups is 1. The van der Waals surface area contributed by atoms with Crippen LogP contribution in [0, 0.1) is 5.82 Å². The Labute approximate surface area is 96.9 Å². The van der Waals surface area contributed by atoms with Crippen LogP contribution in [0.5, 0.6) is 0 Å². The molecular weight excluding hydrogens is 225 g/mol. The molecule has 1 aromatic carbocycles. The second kappa shape index (κ2) is 4.99. The summed E-state index contributed by atoms with van der Waals surface area (Å²) in [6.07, 6.45) is 1.70. The Bertz CT molecular complexity index is 482. The molecule has 0 unspecified atom stereocenters. The Morgan fingerprint density at radius 2 is 2.06 bits per heavy atom. The van der Waals surface area contributed by atoms with Crippen molar-refractivity contribution in [1.82, 2.24) is 4.98 Å². The van der Waals surface area contributed by atoms with Gasteiger partial charge in [-0.25, -0.2) is 4.39 Å². The molecule has 0 aliphatic carbocycles. The number of aromatic amines is 1. The van der Waals surface area contributed by atoms with Gasteiger partial charge < -0.3 is 4.98 Å². The molecule has 82 valence electrons. The average Bonchev–Trinajstić information content (AvgIpc) is 2.81.